The predicted molar refractivity (Wildman–Crippen MR) is 154 cm³/mol. The van der Waals surface area contributed by atoms with E-state index in [1.807, 2.05) is 35.2 Å². The van der Waals surface area contributed by atoms with Gasteiger partial charge in [0, 0.05) is 38.0 Å². The Morgan fingerprint density at radius 2 is 2.00 bits per heavy atom. The molecule has 214 valence electrons. The standard InChI is InChI=1S/C30H39FN6O3/c1-40-21-24(31)20-37(16-6-5-11-25-13-12-23-10-7-15-33-29(23)34-25)17-14-26(30(38)39)35-28-19-32-18-27(36-28)22-8-3-2-4-9-22/h2-4,8-9,12-13,18-19,24,26H,5-7,10-11,14-17,20-21H2,1H3,(H,33,34)(H,35,36)(H,38,39). The second-order valence-electron chi connectivity index (χ2n) is 10.1. The molecule has 4 rings (SSSR count). The summed E-state index contributed by atoms with van der Waals surface area (Å²) in [5, 5.41) is 16.3. The Bertz CT molecular complexity index is 1220. The van der Waals surface area contributed by atoms with Crippen molar-refractivity contribution in [3.63, 3.8) is 0 Å². The van der Waals surface area contributed by atoms with Crippen LogP contribution in [0.15, 0.2) is 54.9 Å². The molecule has 9 nitrogen and oxygen atoms in total. The van der Waals surface area contributed by atoms with Gasteiger partial charge in [0.05, 0.1) is 24.7 Å². The fourth-order valence-corrected chi connectivity index (χ4v) is 4.89. The van der Waals surface area contributed by atoms with Crippen molar-refractivity contribution < 1.29 is 19.0 Å². The van der Waals surface area contributed by atoms with E-state index in [-0.39, 0.29) is 19.6 Å². The number of aromatic nitrogens is 3. The Morgan fingerprint density at radius 1 is 1.15 bits per heavy atom. The molecule has 2 unspecified atom stereocenters. The number of aliphatic carboxylic acids is 1. The number of halogens is 1. The number of aryl methyl sites for hydroxylation is 2. The van der Waals surface area contributed by atoms with E-state index in [4.69, 9.17) is 9.72 Å². The topological polar surface area (TPSA) is 113 Å². The maximum Gasteiger partial charge on any atom is 0.326 e. The first kappa shape index (κ1) is 29.4. The van der Waals surface area contributed by atoms with Crippen molar-refractivity contribution in [3.05, 3.63) is 66.1 Å². The Morgan fingerprint density at radius 3 is 2.80 bits per heavy atom. The molecular weight excluding hydrogens is 511 g/mol. The van der Waals surface area contributed by atoms with Crippen LogP contribution in [0.1, 0.15) is 36.9 Å². The number of hydrogen-bond donors (Lipinski definition) is 3. The first-order chi connectivity index (χ1) is 19.5. The zero-order valence-electron chi connectivity index (χ0n) is 23.1. The number of nitrogens with zero attached hydrogens (tertiary/aromatic N) is 4. The number of pyridine rings is 1. The van der Waals surface area contributed by atoms with Crippen LogP contribution in [0.25, 0.3) is 11.3 Å². The zero-order chi connectivity index (χ0) is 28.2. The van der Waals surface area contributed by atoms with Crippen molar-refractivity contribution in [3.8, 4) is 11.3 Å². The molecule has 0 saturated carbocycles. The van der Waals surface area contributed by atoms with Gasteiger partial charge in [-0.3, -0.25) is 4.98 Å². The average Bonchev–Trinajstić information content (AvgIpc) is 2.97. The van der Waals surface area contributed by atoms with Crippen LogP contribution in [-0.2, 0) is 22.4 Å². The van der Waals surface area contributed by atoms with E-state index in [0.717, 1.165) is 55.7 Å². The molecule has 3 N–H and O–H groups in total. The van der Waals surface area contributed by atoms with E-state index in [0.29, 0.717) is 24.6 Å². The summed E-state index contributed by atoms with van der Waals surface area (Å²) in [6.07, 6.45) is 7.09. The summed E-state index contributed by atoms with van der Waals surface area (Å²) in [7, 11) is 1.48. The second-order valence-corrected chi connectivity index (χ2v) is 10.1. The van der Waals surface area contributed by atoms with Crippen molar-refractivity contribution in [2.75, 3.05) is 50.5 Å². The average molecular weight is 551 g/mol. The van der Waals surface area contributed by atoms with Gasteiger partial charge < -0.3 is 25.4 Å². The van der Waals surface area contributed by atoms with Crippen LogP contribution < -0.4 is 10.6 Å². The molecule has 3 heterocycles. The normalized spacial score (nSPS) is 14.3. The number of rotatable bonds is 16. The first-order valence-electron chi connectivity index (χ1n) is 14.0. The van der Waals surface area contributed by atoms with Crippen LogP contribution in [0.4, 0.5) is 16.0 Å². The Labute approximate surface area is 235 Å². The number of methoxy groups -OCH3 is 1. The monoisotopic (exact) mass is 550 g/mol. The van der Waals surface area contributed by atoms with Gasteiger partial charge in [-0.2, -0.15) is 0 Å². The molecular formula is C30H39FN6O3. The highest BCUT2D eigenvalue weighted by Crippen LogP contribution is 2.21. The number of fused-ring (bicyclic) bond motifs is 1. The number of carboxylic acids is 1. The third kappa shape index (κ3) is 8.96. The molecule has 1 aromatic carbocycles. The van der Waals surface area contributed by atoms with Gasteiger partial charge in [-0.15, -0.1) is 0 Å². The highest BCUT2D eigenvalue weighted by Gasteiger charge is 2.21. The highest BCUT2D eigenvalue weighted by molar-refractivity contribution is 5.77. The van der Waals surface area contributed by atoms with Crippen molar-refractivity contribution in [2.45, 2.75) is 50.7 Å². The highest BCUT2D eigenvalue weighted by atomic mass is 19.1. The van der Waals surface area contributed by atoms with Gasteiger partial charge in [0.15, 0.2) is 0 Å². The van der Waals surface area contributed by atoms with E-state index >= 15 is 0 Å². The number of carbonyl (C=O) groups is 1. The van der Waals surface area contributed by atoms with Gasteiger partial charge in [-0.25, -0.2) is 19.2 Å². The van der Waals surface area contributed by atoms with E-state index in [1.54, 1.807) is 6.20 Å². The van der Waals surface area contributed by atoms with E-state index in [2.05, 4.69) is 32.7 Å². The quantitative estimate of drug-likeness (QED) is 0.223. The van der Waals surface area contributed by atoms with E-state index in [1.165, 1.54) is 18.9 Å². The maximum absolute atomic E-state index is 14.5. The number of hydrogen-bond acceptors (Lipinski definition) is 8. The predicted octanol–water partition coefficient (Wildman–Crippen LogP) is 4.46. The summed E-state index contributed by atoms with van der Waals surface area (Å²) in [4.78, 5) is 27.6. The van der Waals surface area contributed by atoms with Gasteiger partial charge in [0.2, 0.25) is 0 Å². The van der Waals surface area contributed by atoms with Crippen LogP contribution >= 0.6 is 0 Å². The van der Waals surface area contributed by atoms with Gasteiger partial charge >= 0.3 is 5.97 Å². The molecule has 0 aliphatic carbocycles. The Kier molecular flexibility index (Phi) is 11.2. The van der Waals surface area contributed by atoms with Crippen molar-refractivity contribution in [1.29, 1.82) is 0 Å². The number of benzene rings is 1. The molecule has 1 aliphatic heterocycles. The zero-order valence-corrected chi connectivity index (χ0v) is 23.1. The molecule has 0 saturated heterocycles. The molecule has 2 aromatic heterocycles. The van der Waals surface area contributed by atoms with E-state index in [9.17, 15) is 14.3 Å². The number of unbranched alkanes of at least 4 members (excludes halogenated alkanes) is 1. The minimum atomic E-state index is -1.15. The minimum Gasteiger partial charge on any atom is -0.480 e. The van der Waals surface area contributed by atoms with Gasteiger partial charge in [-0.05, 0) is 56.7 Å². The lowest BCUT2D eigenvalue weighted by Crippen LogP contribution is -2.38. The molecule has 1 aliphatic rings. The number of ether oxygens (including phenoxy) is 1. The van der Waals surface area contributed by atoms with Crippen LogP contribution in [0, 0.1) is 0 Å². The molecule has 0 fully saturated rings. The Hall–Kier alpha value is -3.63. The SMILES string of the molecule is COCC(F)CN(CCCCc1ccc2c(n1)NCCC2)CCC(Nc1cncc(-c2ccccc2)n1)C(=O)O. The molecule has 2 atom stereocenters. The van der Waals surface area contributed by atoms with Crippen molar-refractivity contribution in [2.24, 2.45) is 0 Å². The minimum absolute atomic E-state index is 0.00498. The summed E-state index contributed by atoms with van der Waals surface area (Å²) in [6, 6.07) is 12.9. The van der Waals surface area contributed by atoms with Gasteiger partial charge in [-0.1, -0.05) is 36.4 Å². The summed E-state index contributed by atoms with van der Waals surface area (Å²) in [6.45, 7) is 2.22. The smallest absolute Gasteiger partial charge is 0.326 e. The van der Waals surface area contributed by atoms with Gasteiger partial charge in [0.1, 0.15) is 23.8 Å². The maximum atomic E-state index is 14.5. The lowest BCUT2D eigenvalue weighted by Gasteiger charge is -2.26. The molecule has 40 heavy (non-hydrogen) atoms. The van der Waals surface area contributed by atoms with Gasteiger partial charge in [0.25, 0.3) is 0 Å². The second kappa shape index (κ2) is 15.2. The molecule has 0 spiro atoms. The fourth-order valence-electron chi connectivity index (χ4n) is 4.89. The van der Waals surface area contributed by atoms with Crippen molar-refractivity contribution >= 4 is 17.6 Å². The molecule has 0 amide bonds. The lowest BCUT2D eigenvalue weighted by atomic mass is 10.1. The fraction of sp³-hybridized carbons (Fsp3) is 0.467. The van der Waals surface area contributed by atoms with Crippen LogP contribution in [0.3, 0.4) is 0 Å². The number of alkyl halides is 1. The first-order valence-corrected chi connectivity index (χ1v) is 14.0. The van der Waals surface area contributed by atoms with Crippen LogP contribution in [0.2, 0.25) is 0 Å². The molecule has 3 aromatic rings. The molecule has 10 heteroatoms. The number of carboxylic acid groups (broad SMARTS) is 1. The summed E-state index contributed by atoms with van der Waals surface area (Å²) in [5.74, 6) is 0.388. The number of nitrogens with one attached hydrogen (secondary N) is 2. The summed E-state index contributed by atoms with van der Waals surface area (Å²) >= 11 is 0. The third-order valence-corrected chi connectivity index (χ3v) is 6.97. The van der Waals surface area contributed by atoms with Crippen LogP contribution in [-0.4, -0.2) is 83.0 Å². The lowest BCUT2D eigenvalue weighted by molar-refractivity contribution is -0.138. The molecule has 0 bridgehead atoms. The van der Waals surface area contributed by atoms with Crippen molar-refractivity contribution in [1.82, 2.24) is 19.9 Å². The summed E-state index contributed by atoms with van der Waals surface area (Å²) in [5.41, 5.74) is 3.87. The molecule has 0 radical (unpaired) electrons. The Balaban J connectivity index is 1.32. The number of anilines is 2. The summed E-state index contributed by atoms with van der Waals surface area (Å²) < 4.78 is 19.5. The van der Waals surface area contributed by atoms with E-state index < -0.39 is 18.2 Å². The largest absolute Gasteiger partial charge is 0.480 e. The third-order valence-electron chi connectivity index (χ3n) is 6.97. The van der Waals surface area contributed by atoms with Crippen LogP contribution in [0.5, 0.6) is 0 Å².